The summed E-state index contributed by atoms with van der Waals surface area (Å²) in [5.74, 6) is 0.861. The van der Waals surface area contributed by atoms with Crippen LogP contribution in [-0.2, 0) is 15.9 Å². The Bertz CT molecular complexity index is 1660. The van der Waals surface area contributed by atoms with Crippen LogP contribution in [0.25, 0.3) is 0 Å². The first-order valence-electron chi connectivity index (χ1n) is 13.2. The number of amides is 1. The smallest absolute Gasteiger partial charge is 0.269 e. The van der Waals surface area contributed by atoms with Gasteiger partial charge in [-0.1, -0.05) is 103 Å². The third-order valence-corrected chi connectivity index (χ3v) is 8.18. The number of carbonyl (C=O) groups excluding carboxylic acids is 1. The lowest BCUT2D eigenvalue weighted by Crippen LogP contribution is -2.54. The lowest BCUT2D eigenvalue weighted by molar-refractivity contribution is -0.133. The van der Waals surface area contributed by atoms with E-state index in [1.807, 2.05) is 97.1 Å². The standard InChI is InChI=1S/C35H28ClNO4/c1-40-27-20-16-25(17-21-27)34(24-10-4-3-5-11-24,26-18-22-28(41-2)23-19-26)37-32-15-9-7-13-30(32)35(39,33(37)38)29-12-6-8-14-31(29)36/h3-23,39H,1-2H3/t35-/m0/s1. The molecule has 0 spiro atoms. The normalized spacial score (nSPS) is 16.4. The average molecular weight is 562 g/mol. The van der Waals surface area contributed by atoms with Gasteiger partial charge in [-0.25, -0.2) is 0 Å². The minimum absolute atomic E-state index is 0.305. The fraction of sp³-hybridized carbons (Fsp3) is 0.114. The zero-order valence-corrected chi connectivity index (χ0v) is 23.4. The highest BCUT2D eigenvalue weighted by atomic mass is 35.5. The number of nitrogens with zero attached hydrogens (tertiary/aromatic N) is 1. The Morgan fingerprint density at radius 2 is 1.10 bits per heavy atom. The number of fused-ring (bicyclic) bond motifs is 1. The molecule has 1 aliphatic heterocycles. The van der Waals surface area contributed by atoms with Crippen LogP contribution in [-0.4, -0.2) is 25.2 Å². The highest BCUT2D eigenvalue weighted by molar-refractivity contribution is 6.32. The molecule has 5 aromatic carbocycles. The highest BCUT2D eigenvalue weighted by Gasteiger charge is 2.59. The number of anilines is 1. The van der Waals surface area contributed by atoms with Crippen LogP contribution in [0, 0.1) is 0 Å². The van der Waals surface area contributed by atoms with Crippen LogP contribution in [0.5, 0.6) is 11.5 Å². The molecule has 1 heterocycles. The first-order chi connectivity index (χ1) is 20.0. The summed E-state index contributed by atoms with van der Waals surface area (Å²) in [7, 11) is 3.24. The van der Waals surface area contributed by atoms with Gasteiger partial charge in [0.25, 0.3) is 5.91 Å². The maximum atomic E-state index is 15.0. The zero-order chi connectivity index (χ0) is 28.6. The number of ether oxygens (including phenoxy) is 2. The van der Waals surface area contributed by atoms with Crippen molar-refractivity contribution >= 4 is 23.2 Å². The molecule has 0 aliphatic carbocycles. The van der Waals surface area contributed by atoms with E-state index in [0.717, 1.165) is 16.7 Å². The number of rotatable bonds is 7. The first-order valence-corrected chi connectivity index (χ1v) is 13.6. The van der Waals surface area contributed by atoms with Crippen molar-refractivity contribution in [2.45, 2.75) is 11.1 Å². The van der Waals surface area contributed by atoms with E-state index in [9.17, 15) is 5.11 Å². The number of halogens is 1. The minimum Gasteiger partial charge on any atom is -0.497 e. The van der Waals surface area contributed by atoms with Crippen LogP contribution in [0.1, 0.15) is 27.8 Å². The molecule has 41 heavy (non-hydrogen) atoms. The van der Waals surface area contributed by atoms with Crippen molar-refractivity contribution in [3.63, 3.8) is 0 Å². The second-order valence-electron chi connectivity index (χ2n) is 9.88. The molecule has 6 rings (SSSR count). The van der Waals surface area contributed by atoms with Crippen LogP contribution in [0.3, 0.4) is 0 Å². The van der Waals surface area contributed by atoms with Crippen molar-refractivity contribution in [3.05, 3.63) is 160 Å². The summed E-state index contributed by atoms with van der Waals surface area (Å²) < 4.78 is 11.0. The predicted octanol–water partition coefficient (Wildman–Crippen LogP) is 6.93. The molecule has 1 atom stereocenters. The van der Waals surface area contributed by atoms with Crippen molar-refractivity contribution in [1.29, 1.82) is 0 Å². The van der Waals surface area contributed by atoms with E-state index in [0.29, 0.717) is 33.3 Å². The summed E-state index contributed by atoms with van der Waals surface area (Å²) in [6, 6.07) is 39.5. The van der Waals surface area contributed by atoms with E-state index in [2.05, 4.69) is 0 Å². The summed E-state index contributed by atoms with van der Waals surface area (Å²) in [4.78, 5) is 16.7. The van der Waals surface area contributed by atoms with Gasteiger partial charge in [-0.05, 0) is 53.1 Å². The monoisotopic (exact) mass is 561 g/mol. The van der Waals surface area contributed by atoms with Crippen LogP contribution < -0.4 is 14.4 Å². The van der Waals surface area contributed by atoms with E-state index in [-0.39, 0.29) is 0 Å². The topological polar surface area (TPSA) is 59.0 Å². The van der Waals surface area contributed by atoms with Crippen molar-refractivity contribution in [3.8, 4) is 11.5 Å². The fourth-order valence-electron chi connectivity index (χ4n) is 5.94. The van der Waals surface area contributed by atoms with E-state index in [1.54, 1.807) is 49.5 Å². The SMILES string of the molecule is COc1ccc(C(c2ccccc2)(c2ccc(OC)cc2)N2C(=O)[C@](O)(c3ccccc3Cl)c3ccccc32)cc1. The first kappa shape index (κ1) is 26.6. The quantitative estimate of drug-likeness (QED) is 0.219. The lowest BCUT2D eigenvalue weighted by atomic mass is 9.75. The molecule has 1 aliphatic rings. The third-order valence-electron chi connectivity index (χ3n) is 7.85. The van der Waals surface area contributed by atoms with Gasteiger partial charge in [-0.15, -0.1) is 0 Å². The number of methoxy groups -OCH3 is 2. The van der Waals surface area contributed by atoms with Crippen LogP contribution in [0.15, 0.2) is 127 Å². The van der Waals surface area contributed by atoms with Crippen LogP contribution >= 0.6 is 11.6 Å². The van der Waals surface area contributed by atoms with Gasteiger partial charge >= 0.3 is 0 Å². The predicted molar refractivity (Wildman–Crippen MR) is 161 cm³/mol. The highest BCUT2D eigenvalue weighted by Crippen LogP contribution is 2.54. The maximum Gasteiger partial charge on any atom is 0.269 e. The molecule has 1 amide bonds. The molecule has 0 unspecified atom stereocenters. The molecule has 0 aromatic heterocycles. The minimum atomic E-state index is -2.02. The van der Waals surface area contributed by atoms with Gasteiger partial charge in [0.2, 0.25) is 0 Å². The number of hydrogen-bond donors (Lipinski definition) is 1. The van der Waals surface area contributed by atoms with Crippen molar-refractivity contribution in [1.82, 2.24) is 0 Å². The maximum absolute atomic E-state index is 15.0. The van der Waals surface area contributed by atoms with E-state index >= 15 is 4.79 Å². The molecular weight excluding hydrogens is 534 g/mol. The second-order valence-corrected chi connectivity index (χ2v) is 10.3. The summed E-state index contributed by atoms with van der Waals surface area (Å²) in [6.45, 7) is 0. The Hall–Kier alpha value is -4.58. The Kier molecular flexibility index (Phi) is 6.78. The molecule has 0 saturated carbocycles. The third kappa shape index (κ3) is 4.00. The Labute approximate surface area is 244 Å². The van der Waals surface area contributed by atoms with E-state index in [1.165, 1.54) is 0 Å². The second kappa shape index (κ2) is 10.4. The molecule has 0 fully saturated rings. The van der Waals surface area contributed by atoms with Gasteiger partial charge in [0.15, 0.2) is 5.60 Å². The number of benzene rings is 5. The largest absolute Gasteiger partial charge is 0.497 e. The molecular formula is C35H28ClNO4. The summed E-state index contributed by atoms with van der Waals surface area (Å²) in [5.41, 5.74) is 0.598. The molecule has 1 N–H and O–H groups in total. The van der Waals surface area contributed by atoms with Crippen LogP contribution in [0.4, 0.5) is 5.69 Å². The van der Waals surface area contributed by atoms with Crippen molar-refractivity contribution < 1.29 is 19.4 Å². The molecule has 0 bridgehead atoms. The Balaban J connectivity index is 1.73. The van der Waals surface area contributed by atoms with Crippen molar-refractivity contribution in [2.24, 2.45) is 0 Å². The summed E-state index contributed by atoms with van der Waals surface area (Å²) in [5, 5.41) is 12.8. The van der Waals surface area contributed by atoms with E-state index in [4.69, 9.17) is 21.1 Å². The van der Waals surface area contributed by atoms with Gasteiger partial charge in [0.05, 0.1) is 19.9 Å². The number of hydrogen-bond acceptors (Lipinski definition) is 4. The average Bonchev–Trinajstić information content (AvgIpc) is 3.26. The van der Waals surface area contributed by atoms with Gasteiger partial charge in [0.1, 0.15) is 17.0 Å². The molecule has 204 valence electrons. The Morgan fingerprint density at radius 3 is 1.63 bits per heavy atom. The lowest BCUT2D eigenvalue weighted by Gasteiger charge is -2.44. The number of aliphatic hydroxyl groups is 1. The summed E-state index contributed by atoms with van der Waals surface area (Å²) in [6.07, 6.45) is 0. The van der Waals surface area contributed by atoms with E-state index < -0.39 is 17.0 Å². The van der Waals surface area contributed by atoms with Gasteiger partial charge in [0, 0.05) is 16.1 Å². The van der Waals surface area contributed by atoms with Gasteiger partial charge in [-0.2, -0.15) is 0 Å². The zero-order valence-electron chi connectivity index (χ0n) is 22.6. The summed E-state index contributed by atoms with van der Waals surface area (Å²) >= 11 is 6.65. The Morgan fingerprint density at radius 1 is 0.634 bits per heavy atom. The molecule has 5 aromatic rings. The van der Waals surface area contributed by atoms with Gasteiger partial charge in [-0.3, -0.25) is 9.69 Å². The molecule has 6 heteroatoms. The molecule has 5 nitrogen and oxygen atoms in total. The number of carbonyl (C=O) groups is 1. The number of para-hydroxylation sites is 1. The van der Waals surface area contributed by atoms with Crippen molar-refractivity contribution in [2.75, 3.05) is 19.1 Å². The van der Waals surface area contributed by atoms with Crippen LogP contribution in [0.2, 0.25) is 5.02 Å². The fourth-order valence-corrected chi connectivity index (χ4v) is 6.21. The molecule has 0 radical (unpaired) electrons. The van der Waals surface area contributed by atoms with Gasteiger partial charge < -0.3 is 14.6 Å². The molecule has 0 saturated heterocycles.